The fourth-order valence-electron chi connectivity index (χ4n) is 2.11. The number of hydrogen-bond donors (Lipinski definition) is 0. The van der Waals surface area contributed by atoms with Gasteiger partial charge in [0.15, 0.2) is 0 Å². The summed E-state index contributed by atoms with van der Waals surface area (Å²) in [5.74, 6) is 0.878. The number of rotatable bonds is 4. The highest BCUT2D eigenvalue weighted by Crippen LogP contribution is 2.11. The molecule has 0 unspecified atom stereocenters. The molecule has 90 valence electrons. The van der Waals surface area contributed by atoms with E-state index in [-0.39, 0.29) is 0 Å². The van der Waals surface area contributed by atoms with Crippen LogP contribution in [0.3, 0.4) is 0 Å². The molecule has 0 atom stereocenters. The number of nitrogens with zero attached hydrogens (tertiary/aromatic N) is 4. The van der Waals surface area contributed by atoms with E-state index < -0.39 is 0 Å². The summed E-state index contributed by atoms with van der Waals surface area (Å²) >= 11 is 0. The van der Waals surface area contributed by atoms with Gasteiger partial charge in [-0.1, -0.05) is 0 Å². The summed E-state index contributed by atoms with van der Waals surface area (Å²) in [5.41, 5.74) is 0.669. The predicted molar refractivity (Wildman–Crippen MR) is 67.9 cm³/mol. The summed E-state index contributed by atoms with van der Waals surface area (Å²) in [4.78, 5) is 8.88. The topological polar surface area (TPSA) is 43.2 Å². The number of hydrogen-bond acceptors (Lipinski definition) is 4. The first kappa shape index (κ1) is 11.9. The summed E-state index contributed by atoms with van der Waals surface area (Å²) in [6.07, 6.45) is 4.35. The van der Waals surface area contributed by atoms with Gasteiger partial charge in [-0.15, -0.1) is 0 Å². The zero-order valence-electron chi connectivity index (χ0n) is 10.3. The smallest absolute Gasteiger partial charge is 0.129 e. The lowest BCUT2D eigenvalue weighted by Gasteiger charge is -2.22. The fourth-order valence-corrected chi connectivity index (χ4v) is 2.11. The van der Waals surface area contributed by atoms with Crippen LogP contribution in [-0.2, 0) is 0 Å². The van der Waals surface area contributed by atoms with E-state index in [1.165, 1.54) is 25.9 Å². The molecule has 1 aliphatic rings. The van der Waals surface area contributed by atoms with Gasteiger partial charge in [0.2, 0.25) is 0 Å². The van der Waals surface area contributed by atoms with Gasteiger partial charge in [-0.25, -0.2) is 4.98 Å². The zero-order valence-corrected chi connectivity index (χ0v) is 10.3. The zero-order chi connectivity index (χ0) is 12.1. The normalized spacial score (nSPS) is 15.8. The Hall–Kier alpha value is -1.60. The third-order valence-corrected chi connectivity index (χ3v) is 3.22. The molecule has 0 spiro atoms. The molecule has 0 radical (unpaired) electrons. The molecular weight excluding hydrogens is 212 g/mol. The Morgan fingerprint density at radius 2 is 2.24 bits per heavy atom. The summed E-state index contributed by atoms with van der Waals surface area (Å²) in [6, 6.07) is 5.71. The summed E-state index contributed by atoms with van der Waals surface area (Å²) in [5, 5.41) is 8.84. The highest BCUT2D eigenvalue weighted by molar-refractivity contribution is 5.44. The number of nitriles is 1. The Bertz CT molecular complexity index is 404. The average Bonchev–Trinajstić information content (AvgIpc) is 2.89. The van der Waals surface area contributed by atoms with Gasteiger partial charge in [0, 0.05) is 26.3 Å². The second-order valence-electron chi connectivity index (χ2n) is 4.48. The molecule has 1 aromatic heterocycles. The predicted octanol–water partition coefficient (Wildman–Crippen LogP) is 1.49. The molecule has 0 bridgehead atoms. The number of likely N-dealkylation sites (tertiary alicyclic amines) is 1. The molecule has 1 saturated heterocycles. The molecule has 4 nitrogen and oxygen atoms in total. The molecule has 2 heterocycles. The Morgan fingerprint density at radius 1 is 1.47 bits per heavy atom. The Kier molecular flexibility index (Phi) is 3.94. The van der Waals surface area contributed by atoms with Crippen molar-refractivity contribution in [3.05, 3.63) is 23.9 Å². The van der Waals surface area contributed by atoms with Crippen LogP contribution in [0.4, 0.5) is 5.82 Å². The summed E-state index contributed by atoms with van der Waals surface area (Å²) in [6.45, 7) is 4.48. The summed E-state index contributed by atoms with van der Waals surface area (Å²) in [7, 11) is 2.03. The van der Waals surface area contributed by atoms with E-state index in [4.69, 9.17) is 5.26 Å². The number of aromatic nitrogens is 1. The molecule has 17 heavy (non-hydrogen) atoms. The highest BCUT2D eigenvalue weighted by atomic mass is 15.2. The van der Waals surface area contributed by atoms with E-state index in [0.29, 0.717) is 5.56 Å². The minimum atomic E-state index is 0.669. The number of pyridine rings is 1. The lowest BCUT2D eigenvalue weighted by atomic mass is 10.3. The second-order valence-corrected chi connectivity index (χ2v) is 4.48. The number of likely N-dealkylation sites (N-methyl/N-ethyl adjacent to an activating group) is 1. The van der Waals surface area contributed by atoms with Gasteiger partial charge in [-0.05, 0) is 38.1 Å². The van der Waals surface area contributed by atoms with Gasteiger partial charge in [-0.3, -0.25) is 0 Å². The molecule has 1 aromatic rings. The maximum Gasteiger partial charge on any atom is 0.129 e. The molecule has 4 heteroatoms. The maximum absolute atomic E-state index is 8.84. The van der Waals surface area contributed by atoms with E-state index in [2.05, 4.69) is 20.9 Å². The Balaban J connectivity index is 1.89. The van der Waals surface area contributed by atoms with Crippen molar-refractivity contribution in [3.8, 4) is 6.07 Å². The van der Waals surface area contributed by atoms with Crippen LogP contribution in [0.25, 0.3) is 0 Å². The van der Waals surface area contributed by atoms with Crippen molar-refractivity contribution in [2.45, 2.75) is 12.8 Å². The third kappa shape index (κ3) is 3.18. The second kappa shape index (κ2) is 5.65. The maximum atomic E-state index is 8.84. The van der Waals surface area contributed by atoms with Crippen molar-refractivity contribution in [2.75, 3.05) is 38.1 Å². The van der Waals surface area contributed by atoms with Crippen LogP contribution in [0, 0.1) is 11.3 Å². The van der Waals surface area contributed by atoms with E-state index in [1.54, 1.807) is 12.3 Å². The first-order chi connectivity index (χ1) is 8.29. The van der Waals surface area contributed by atoms with Crippen LogP contribution in [0.15, 0.2) is 18.3 Å². The monoisotopic (exact) mass is 230 g/mol. The minimum Gasteiger partial charge on any atom is -0.358 e. The van der Waals surface area contributed by atoms with Gasteiger partial charge >= 0.3 is 0 Å². The van der Waals surface area contributed by atoms with Crippen molar-refractivity contribution >= 4 is 5.82 Å². The van der Waals surface area contributed by atoms with Crippen LogP contribution < -0.4 is 4.90 Å². The molecule has 2 rings (SSSR count). The van der Waals surface area contributed by atoms with Crippen molar-refractivity contribution in [3.63, 3.8) is 0 Å². The first-order valence-electron chi connectivity index (χ1n) is 6.09. The van der Waals surface area contributed by atoms with Gasteiger partial charge in [0.05, 0.1) is 11.6 Å². The van der Waals surface area contributed by atoms with Crippen molar-refractivity contribution in [1.82, 2.24) is 9.88 Å². The molecule has 0 aliphatic carbocycles. The standard InChI is InChI=1S/C13H18N4/c1-16(8-9-17-6-2-3-7-17)13-10-12(11-14)4-5-15-13/h4-5,10H,2-3,6-9H2,1H3. The van der Waals surface area contributed by atoms with Gasteiger partial charge in [0.1, 0.15) is 5.82 Å². The van der Waals surface area contributed by atoms with Crippen LogP contribution >= 0.6 is 0 Å². The minimum absolute atomic E-state index is 0.669. The first-order valence-corrected chi connectivity index (χ1v) is 6.09. The van der Waals surface area contributed by atoms with Gasteiger partial charge < -0.3 is 9.80 Å². The van der Waals surface area contributed by atoms with Crippen LogP contribution in [0.2, 0.25) is 0 Å². The Labute approximate surface area is 102 Å². The van der Waals surface area contributed by atoms with E-state index in [1.807, 2.05) is 13.1 Å². The molecule has 0 amide bonds. The van der Waals surface area contributed by atoms with Crippen molar-refractivity contribution in [1.29, 1.82) is 5.26 Å². The molecule has 0 saturated carbocycles. The summed E-state index contributed by atoms with van der Waals surface area (Å²) < 4.78 is 0. The fraction of sp³-hybridized carbons (Fsp3) is 0.538. The largest absolute Gasteiger partial charge is 0.358 e. The molecule has 0 N–H and O–H groups in total. The molecule has 1 fully saturated rings. The van der Waals surface area contributed by atoms with Gasteiger partial charge in [0.25, 0.3) is 0 Å². The Morgan fingerprint density at radius 3 is 2.94 bits per heavy atom. The lowest BCUT2D eigenvalue weighted by Crippen LogP contribution is -2.31. The van der Waals surface area contributed by atoms with E-state index >= 15 is 0 Å². The third-order valence-electron chi connectivity index (χ3n) is 3.22. The van der Waals surface area contributed by atoms with Crippen molar-refractivity contribution < 1.29 is 0 Å². The lowest BCUT2D eigenvalue weighted by molar-refractivity contribution is 0.346. The van der Waals surface area contributed by atoms with E-state index in [0.717, 1.165) is 18.9 Å². The van der Waals surface area contributed by atoms with Crippen LogP contribution in [0.1, 0.15) is 18.4 Å². The molecule has 1 aliphatic heterocycles. The number of anilines is 1. The van der Waals surface area contributed by atoms with E-state index in [9.17, 15) is 0 Å². The van der Waals surface area contributed by atoms with Gasteiger partial charge in [-0.2, -0.15) is 5.26 Å². The van der Waals surface area contributed by atoms with Crippen LogP contribution in [-0.4, -0.2) is 43.1 Å². The highest BCUT2D eigenvalue weighted by Gasteiger charge is 2.12. The van der Waals surface area contributed by atoms with Crippen LogP contribution in [0.5, 0.6) is 0 Å². The average molecular weight is 230 g/mol. The van der Waals surface area contributed by atoms with Crippen molar-refractivity contribution in [2.24, 2.45) is 0 Å². The molecular formula is C13H18N4. The molecule has 0 aromatic carbocycles. The quantitative estimate of drug-likeness (QED) is 0.786. The SMILES string of the molecule is CN(CCN1CCCC1)c1cc(C#N)ccn1.